The zero-order valence-electron chi connectivity index (χ0n) is 16.9. The van der Waals surface area contributed by atoms with Gasteiger partial charge in [0.15, 0.2) is 0 Å². The molecule has 0 aromatic heterocycles. The summed E-state index contributed by atoms with van der Waals surface area (Å²) in [4.78, 5) is 27.4. The smallest absolute Gasteiger partial charge is 0.242 e. The minimum absolute atomic E-state index is 0.0799. The van der Waals surface area contributed by atoms with E-state index in [0.29, 0.717) is 18.1 Å². The lowest BCUT2D eigenvalue weighted by Gasteiger charge is -2.29. The average Bonchev–Trinajstić information content (AvgIpc) is 2.68. The second-order valence-electron chi connectivity index (χ2n) is 7.07. The maximum atomic E-state index is 13.1. The van der Waals surface area contributed by atoms with Gasteiger partial charge in [-0.05, 0) is 49.1 Å². The minimum Gasteiger partial charge on any atom is -0.354 e. The topological polar surface area (TPSA) is 49.4 Å². The van der Waals surface area contributed by atoms with Crippen molar-refractivity contribution in [3.05, 3.63) is 70.2 Å². The van der Waals surface area contributed by atoms with Crippen LogP contribution < -0.4 is 5.32 Å². The highest BCUT2D eigenvalue weighted by Crippen LogP contribution is 2.16. The third-order valence-corrected chi connectivity index (χ3v) is 5.12. The lowest BCUT2D eigenvalue weighted by atomic mass is 10.1. The van der Waals surface area contributed by atoms with Gasteiger partial charge in [-0.15, -0.1) is 0 Å². The zero-order valence-corrected chi connectivity index (χ0v) is 17.6. The number of nitrogens with zero attached hydrogens (tertiary/aromatic N) is 1. The van der Waals surface area contributed by atoms with Gasteiger partial charge in [-0.3, -0.25) is 9.59 Å². The van der Waals surface area contributed by atoms with Crippen molar-refractivity contribution in [1.82, 2.24) is 10.2 Å². The number of rotatable bonds is 9. The SMILES string of the molecule is CCCCNC(=O)[C@@H](C)N(Cc1ccccc1C)C(=O)Cc1ccc(Cl)cc1. The summed E-state index contributed by atoms with van der Waals surface area (Å²) in [7, 11) is 0. The molecule has 2 aromatic rings. The lowest BCUT2D eigenvalue weighted by Crippen LogP contribution is -2.48. The molecule has 150 valence electrons. The van der Waals surface area contributed by atoms with E-state index in [1.165, 1.54) is 0 Å². The molecule has 0 saturated carbocycles. The van der Waals surface area contributed by atoms with Crippen LogP contribution in [0, 0.1) is 6.92 Å². The summed E-state index contributed by atoms with van der Waals surface area (Å²) in [6.07, 6.45) is 2.17. The predicted octanol–water partition coefficient (Wildman–Crippen LogP) is 4.52. The molecule has 2 aromatic carbocycles. The van der Waals surface area contributed by atoms with Gasteiger partial charge in [0, 0.05) is 18.1 Å². The number of carbonyl (C=O) groups excluding carboxylic acids is 2. The Kier molecular flexibility index (Phi) is 8.52. The van der Waals surface area contributed by atoms with Gasteiger partial charge in [-0.2, -0.15) is 0 Å². The fraction of sp³-hybridized carbons (Fsp3) is 0.391. The van der Waals surface area contributed by atoms with E-state index in [1.807, 2.05) is 43.3 Å². The van der Waals surface area contributed by atoms with Gasteiger partial charge in [0.05, 0.1) is 6.42 Å². The van der Waals surface area contributed by atoms with Gasteiger partial charge < -0.3 is 10.2 Å². The first-order valence-corrected chi connectivity index (χ1v) is 10.2. The highest BCUT2D eigenvalue weighted by molar-refractivity contribution is 6.30. The van der Waals surface area contributed by atoms with Crippen molar-refractivity contribution in [2.75, 3.05) is 6.54 Å². The number of amides is 2. The number of carbonyl (C=O) groups is 2. The van der Waals surface area contributed by atoms with Crippen molar-refractivity contribution in [1.29, 1.82) is 0 Å². The summed E-state index contributed by atoms with van der Waals surface area (Å²) in [5.41, 5.74) is 3.02. The highest BCUT2D eigenvalue weighted by Gasteiger charge is 2.26. The van der Waals surface area contributed by atoms with Crippen molar-refractivity contribution < 1.29 is 9.59 Å². The maximum Gasteiger partial charge on any atom is 0.242 e. The minimum atomic E-state index is -0.545. The molecule has 0 radical (unpaired) electrons. The Balaban J connectivity index is 2.19. The van der Waals surface area contributed by atoms with Crippen LogP contribution >= 0.6 is 11.6 Å². The first kappa shape index (κ1) is 22.0. The average molecular weight is 401 g/mol. The van der Waals surface area contributed by atoms with Crippen LogP contribution in [0.3, 0.4) is 0 Å². The van der Waals surface area contributed by atoms with Crippen LogP contribution in [0.5, 0.6) is 0 Å². The van der Waals surface area contributed by atoms with Gasteiger partial charge in [-0.25, -0.2) is 0 Å². The van der Waals surface area contributed by atoms with E-state index >= 15 is 0 Å². The van der Waals surface area contributed by atoms with Gasteiger partial charge >= 0.3 is 0 Å². The predicted molar refractivity (Wildman–Crippen MR) is 114 cm³/mol. The fourth-order valence-electron chi connectivity index (χ4n) is 2.97. The van der Waals surface area contributed by atoms with E-state index in [-0.39, 0.29) is 18.2 Å². The fourth-order valence-corrected chi connectivity index (χ4v) is 3.09. The van der Waals surface area contributed by atoms with E-state index in [1.54, 1.807) is 24.0 Å². The van der Waals surface area contributed by atoms with Crippen LogP contribution in [0.4, 0.5) is 0 Å². The first-order valence-electron chi connectivity index (χ1n) is 9.78. The Labute approximate surface area is 172 Å². The van der Waals surface area contributed by atoms with Crippen LogP contribution in [0.15, 0.2) is 48.5 Å². The van der Waals surface area contributed by atoms with E-state index in [0.717, 1.165) is 29.5 Å². The van der Waals surface area contributed by atoms with Crippen LogP contribution in [0.2, 0.25) is 5.02 Å². The standard InChI is InChI=1S/C23H29ClN2O2/c1-4-5-14-25-23(28)18(3)26(16-20-9-7-6-8-17(20)2)22(27)15-19-10-12-21(24)13-11-19/h6-13,18H,4-5,14-16H2,1-3H3,(H,25,28)/t18-/m1/s1. The molecule has 0 aliphatic carbocycles. The van der Waals surface area contributed by atoms with Crippen LogP contribution in [0.1, 0.15) is 43.4 Å². The van der Waals surface area contributed by atoms with E-state index in [2.05, 4.69) is 12.2 Å². The molecular weight excluding hydrogens is 372 g/mol. The Morgan fingerprint density at radius 1 is 1.11 bits per heavy atom. The molecule has 2 amide bonds. The molecular formula is C23H29ClN2O2. The van der Waals surface area contributed by atoms with Gasteiger partial charge in [0.1, 0.15) is 6.04 Å². The Morgan fingerprint density at radius 3 is 2.43 bits per heavy atom. The van der Waals surface area contributed by atoms with Crippen LogP contribution in [-0.4, -0.2) is 29.3 Å². The van der Waals surface area contributed by atoms with Crippen LogP contribution in [-0.2, 0) is 22.6 Å². The van der Waals surface area contributed by atoms with E-state index < -0.39 is 6.04 Å². The molecule has 0 aliphatic heterocycles. The molecule has 0 aliphatic rings. The quantitative estimate of drug-likeness (QED) is 0.629. The molecule has 4 nitrogen and oxygen atoms in total. The number of hydrogen-bond acceptors (Lipinski definition) is 2. The van der Waals surface area contributed by atoms with Crippen molar-refractivity contribution in [3.8, 4) is 0 Å². The monoisotopic (exact) mass is 400 g/mol. The molecule has 0 fully saturated rings. The maximum absolute atomic E-state index is 13.1. The molecule has 0 heterocycles. The summed E-state index contributed by atoms with van der Waals surface area (Å²) in [6.45, 7) is 6.92. The number of unbranched alkanes of at least 4 members (excludes halogenated alkanes) is 1. The summed E-state index contributed by atoms with van der Waals surface area (Å²) in [6, 6.07) is 14.6. The second-order valence-corrected chi connectivity index (χ2v) is 7.51. The molecule has 0 unspecified atom stereocenters. The van der Waals surface area contributed by atoms with E-state index in [4.69, 9.17) is 11.6 Å². The molecule has 1 N–H and O–H groups in total. The number of aryl methyl sites for hydroxylation is 1. The lowest BCUT2D eigenvalue weighted by molar-refractivity contribution is -0.140. The second kappa shape index (κ2) is 10.9. The Hall–Kier alpha value is -2.33. The van der Waals surface area contributed by atoms with Crippen molar-refractivity contribution in [2.45, 2.75) is 52.6 Å². The van der Waals surface area contributed by atoms with Crippen molar-refractivity contribution in [3.63, 3.8) is 0 Å². The molecule has 5 heteroatoms. The number of benzene rings is 2. The molecule has 1 atom stereocenters. The highest BCUT2D eigenvalue weighted by atomic mass is 35.5. The molecule has 0 spiro atoms. The molecule has 0 bridgehead atoms. The van der Waals surface area contributed by atoms with Gasteiger partial charge in [0.25, 0.3) is 0 Å². The van der Waals surface area contributed by atoms with E-state index in [9.17, 15) is 9.59 Å². The van der Waals surface area contributed by atoms with Gasteiger partial charge in [-0.1, -0.05) is 61.3 Å². The largest absolute Gasteiger partial charge is 0.354 e. The summed E-state index contributed by atoms with van der Waals surface area (Å²) in [5.74, 6) is -0.199. The molecule has 28 heavy (non-hydrogen) atoms. The molecule has 0 saturated heterocycles. The first-order chi connectivity index (χ1) is 13.4. The summed E-state index contributed by atoms with van der Waals surface area (Å²) < 4.78 is 0. The Morgan fingerprint density at radius 2 is 1.79 bits per heavy atom. The summed E-state index contributed by atoms with van der Waals surface area (Å²) >= 11 is 5.94. The molecule has 2 rings (SSSR count). The van der Waals surface area contributed by atoms with Gasteiger partial charge in [0.2, 0.25) is 11.8 Å². The number of hydrogen-bond donors (Lipinski definition) is 1. The van der Waals surface area contributed by atoms with Crippen molar-refractivity contribution in [2.24, 2.45) is 0 Å². The van der Waals surface area contributed by atoms with Crippen molar-refractivity contribution >= 4 is 23.4 Å². The Bertz CT molecular complexity index is 789. The van der Waals surface area contributed by atoms with Crippen LogP contribution in [0.25, 0.3) is 0 Å². The normalized spacial score (nSPS) is 11.7. The number of nitrogens with one attached hydrogen (secondary N) is 1. The third kappa shape index (κ3) is 6.38. The number of halogens is 1. The third-order valence-electron chi connectivity index (χ3n) is 4.87. The summed E-state index contributed by atoms with van der Waals surface area (Å²) in [5, 5.41) is 3.58. The zero-order chi connectivity index (χ0) is 20.5.